The third kappa shape index (κ3) is 3.45. The molecule has 0 aromatic carbocycles. The summed E-state index contributed by atoms with van der Waals surface area (Å²) in [6.45, 7) is 17.9. The largest absolute Gasteiger partial charge is 0.375 e. The Bertz CT molecular complexity index is 261. The van der Waals surface area contributed by atoms with Gasteiger partial charge >= 0.3 is 0 Å². The first kappa shape index (κ1) is 15.0. The zero-order valence-corrected chi connectivity index (χ0v) is 13.1. The van der Waals surface area contributed by atoms with Gasteiger partial charge < -0.3 is 9.64 Å². The standard InChI is InChI=1S/C15H31NO/c1-13(2,3)12(11-17-14(4,5)6)15(7)9-10-16(15)8/h12H,9-11H2,1-8H3. The van der Waals surface area contributed by atoms with E-state index in [9.17, 15) is 0 Å². The first-order valence-electron chi connectivity index (χ1n) is 6.82. The lowest BCUT2D eigenvalue weighted by molar-refractivity contribution is -0.121. The number of ether oxygens (including phenoxy) is 1. The van der Waals surface area contributed by atoms with Gasteiger partial charge in [-0.15, -0.1) is 0 Å². The molecule has 0 amide bonds. The Labute approximate surface area is 108 Å². The third-order valence-electron chi connectivity index (χ3n) is 4.30. The van der Waals surface area contributed by atoms with Crippen LogP contribution in [0.1, 0.15) is 54.9 Å². The van der Waals surface area contributed by atoms with E-state index < -0.39 is 0 Å². The molecule has 2 atom stereocenters. The molecule has 2 unspecified atom stereocenters. The Morgan fingerprint density at radius 2 is 1.71 bits per heavy atom. The lowest BCUT2D eigenvalue weighted by atomic mass is 9.64. The van der Waals surface area contributed by atoms with Crippen LogP contribution >= 0.6 is 0 Å². The van der Waals surface area contributed by atoms with Crippen molar-refractivity contribution in [1.29, 1.82) is 0 Å². The van der Waals surface area contributed by atoms with Crippen LogP contribution in [0.15, 0.2) is 0 Å². The summed E-state index contributed by atoms with van der Waals surface area (Å²) in [5.74, 6) is 0.577. The van der Waals surface area contributed by atoms with Gasteiger partial charge in [-0.25, -0.2) is 0 Å². The molecule has 1 aliphatic heterocycles. The van der Waals surface area contributed by atoms with E-state index in [1.54, 1.807) is 0 Å². The Balaban J connectivity index is 2.76. The monoisotopic (exact) mass is 241 g/mol. The van der Waals surface area contributed by atoms with Crippen molar-refractivity contribution in [3.63, 3.8) is 0 Å². The fraction of sp³-hybridized carbons (Fsp3) is 1.00. The molecule has 17 heavy (non-hydrogen) atoms. The smallest absolute Gasteiger partial charge is 0.0598 e. The zero-order valence-electron chi connectivity index (χ0n) is 13.1. The quantitative estimate of drug-likeness (QED) is 0.749. The Morgan fingerprint density at radius 1 is 1.18 bits per heavy atom. The van der Waals surface area contributed by atoms with Gasteiger partial charge in [0.1, 0.15) is 0 Å². The molecule has 0 aromatic rings. The molecule has 1 rings (SSSR count). The van der Waals surface area contributed by atoms with Gasteiger partial charge in [-0.05, 0) is 46.6 Å². The third-order valence-corrected chi connectivity index (χ3v) is 4.30. The molecular formula is C15H31NO. The average molecular weight is 241 g/mol. The summed E-state index contributed by atoms with van der Waals surface area (Å²) in [6, 6.07) is 0. The highest BCUT2D eigenvalue weighted by Gasteiger charge is 2.49. The Hall–Kier alpha value is -0.0800. The van der Waals surface area contributed by atoms with E-state index in [1.807, 2.05) is 0 Å². The topological polar surface area (TPSA) is 12.5 Å². The molecule has 2 heteroatoms. The van der Waals surface area contributed by atoms with Crippen molar-refractivity contribution in [2.75, 3.05) is 20.2 Å². The molecule has 1 saturated heterocycles. The van der Waals surface area contributed by atoms with Crippen LogP contribution in [-0.4, -0.2) is 36.2 Å². The molecule has 2 nitrogen and oxygen atoms in total. The molecule has 0 aromatic heterocycles. The molecule has 1 heterocycles. The Morgan fingerprint density at radius 3 is 1.94 bits per heavy atom. The van der Waals surface area contributed by atoms with E-state index in [-0.39, 0.29) is 11.0 Å². The average Bonchev–Trinajstić information content (AvgIpc) is 2.11. The van der Waals surface area contributed by atoms with Crippen LogP contribution in [0.2, 0.25) is 0 Å². The van der Waals surface area contributed by atoms with Crippen molar-refractivity contribution in [3.8, 4) is 0 Å². The van der Waals surface area contributed by atoms with Crippen LogP contribution in [0.25, 0.3) is 0 Å². The number of hydrogen-bond donors (Lipinski definition) is 0. The number of hydrogen-bond acceptors (Lipinski definition) is 2. The number of likely N-dealkylation sites (tertiary alicyclic amines) is 1. The van der Waals surface area contributed by atoms with E-state index in [0.717, 1.165) is 6.61 Å². The predicted octanol–water partition coefficient (Wildman–Crippen LogP) is 3.56. The van der Waals surface area contributed by atoms with Gasteiger partial charge in [0.25, 0.3) is 0 Å². The molecule has 0 radical (unpaired) electrons. The molecule has 102 valence electrons. The van der Waals surface area contributed by atoms with Crippen LogP contribution in [-0.2, 0) is 4.74 Å². The van der Waals surface area contributed by atoms with E-state index in [4.69, 9.17) is 4.74 Å². The summed E-state index contributed by atoms with van der Waals surface area (Å²) >= 11 is 0. The number of rotatable bonds is 3. The van der Waals surface area contributed by atoms with Crippen LogP contribution in [0.3, 0.4) is 0 Å². The first-order valence-corrected chi connectivity index (χ1v) is 6.82. The molecule has 0 aliphatic carbocycles. The van der Waals surface area contributed by atoms with Gasteiger partial charge in [0.05, 0.1) is 12.2 Å². The zero-order chi connectivity index (χ0) is 13.5. The van der Waals surface area contributed by atoms with Crippen molar-refractivity contribution in [1.82, 2.24) is 4.90 Å². The summed E-state index contributed by atoms with van der Waals surface area (Å²) < 4.78 is 6.06. The van der Waals surface area contributed by atoms with Gasteiger partial charge in [-0.2, -0.15) is 0 Å². The van der Waals surface area contributed by atoms with Crippen LogP contribution in [0.4, 0.5) is 0 Å². The van der Waals surface area contributed by atoms with E-state index in [0.29, 0.717) is 11.5 Å². The maximum Gasteiger partial charge on any atom is 0.0598 e. The van der Waals surface area contributed by atoms with Gasteiger partial charge in [-0.1, -0.05) is 20.8 Å². The summed E-state index contributed by atoms with van der Waals surface area (Å²) in [5.41, 5.74) is 0.556. The van der Waals surface area contributed by atoms with E-state index in [2.05, 4.69) is 60.4 Å². The normalized spacial score (nSPS) is 28.9. The summed E-state index contributed by atoms with van der Waals surface area (Å²) in [4.78, 5) is 2.48. The number of nitrogens with zero attached hydrogens (tertiary/aromatic N) is 1. The van der Waals surface area contributed by atoms with E-state index >= 15 is 0 Å². The van der Waals surface area contributed by atoms with Gasteiger partial charge in [0.15, 0.2) is 0 Å². The molecular weight excluding hydrogens is 210 g/mol. The second kappa shape index (κ2) is 4.55. The highest BCUT2D eigenvalue weighted by molar-refractivity contribution is 5.03. The molecule has 1 aliphatic rings. The van der Waals surface area contributed by atoms with E-state index in [1.165, 1.54) is 13.0 Å². The highest BCUT2D eigenvalue weighted by Crippen LogP contribution is 2.45. The molecule has 0 bridgehead atoms. The predicted molar refractivity (Wildman–Crippen MR) is 74.3 cm³/mol. The molecule has 0 spiro atoms. The second-order valence-corrected chi connectivity index (χ2v) is 7.87. The maximum absolute atomic E-state index is 6.06. The molecule has 1 fully saturated rings. The lowest BCUT2D eigenvalue weighted by Crippen LogP contribution is -2.63. The fourth-order valence-corrected chi connectivity index (χ4v) is 2.82. The fourth-order valence-electron chi connectivity index (χ4n) is 2.82. The minimum atomic E-state index is -0.0395. The maximum atomic E-state index is 6.06. The lowest BCUT2D eigenvalue weighted by Gasteiger charge is -2.57. The summed E-state index contributed by atoms with van der Waals surface area (Å²) in [7, 11) is 2.24. The van der Waals surface area contributed by atoms with Gasteiger partial charge in [-0.3, -0.25) is 0 Å². The highest BCUT2D eigenvalue weighted by atomic mass is 16.5. The van der Waals surface area contributed by atoms with Gasteiger partial charge in [0.2, 0.25) is 0 Å². The minimum Gasteiger partial charge on any atom is -0.375 e. The van der Waals surface area contributed by atoms with Crippen molar-refractivity contribution in [2.45, 2.75) is 66.0 Å². The van der Waals surface area contributed by atoms with Crippen molar-refractivity contribution in [2.24, 2.45) is 11.3 Å². The molecule has 0 saturated carbocycles. The first-order chi connectivity index (χ1) is 7.47. The van der Waals surface area contributed by atoms with Crippen molar-refractivity contribution < 1.29 is 4.74 Å². The molecule has 0 N–H and O–H groups in total. The summed E-state index contributed by atoms with van der Waals surface area (Å²) in [6.07, 6.45) is 1.29. The van der Waals surface area contributed by atoms with Crippen LogP contribution in [0, 0.1) is 11.3 Å². The van der Waals surface area contributed by atoms with Crippen molar-refractivity contribution >= 4 is 0 Å². The van der Waals surface area contributed by atoms with Crippen molar-refractivity contribution in [3.05, 3.63) is 0 Å². The van der Waals surface area contributed by atoms with Gasteiger partial charge in [0, 0.05) is 18.0 Å². The Kier molecular flexibility index (Phi) is 4.01. The van der Waals surface area contributed by atoms with Crippen LogP contribution < -0.4 is 0 Å². The second-order valence-electron chi connectivity index (χ2n) is 7.87. The van der Waals surface area contributed by atoms with Crippen LogP contribution in [0.5, 0.6) is 0 Å². The SMILES string of the molecule is CN1CCC1(C)C(COC(C)(C)C)C(C)(C)C. The minimum absolute atomic E-state index is 0.0395. The summed E-state index contributed by atoms with van der Waals surface area (Å²) in [5, 5.41) is 0.